The Morgan fingerprint density at radius 3 is 2.85 bits per heavy atom. The average Bonchev–Trinajstić information content (AvgIpc) is 3.07. The van der Waals surface area contributed by atoms with E-state index in [0.717, 1.165) is 41.1 Å². The minimum Gasteiger partial charge on any atom is -0.360 e. The molecule has 0 bridgehead atoms. The lowest BCUT2D eigenvalue weighted by Crippen LogP contribution is -2.29. The summed E-state index contributed by atoms with van der Waals surface area (Å²) in [4.78, 5) is 20.8. The standard InChI is InChI=1S/C20H16BrIN4O/c21-11-1-4-17-14(7-11)16(10-25-17)19-9-15(20(27)24-6-5-23)13-3-2-12(22)8-18(13)26-19/h1-4,7-10,25H,5-6,23H2,(H,24,27). The molecule has 7 heteroatoms. The number of carbonyl (C=O) groups is 1. The van der Waals surface area contributed by atoms with E-state index in [1.54, 1.807) is 0 Å². The van der Waals surface area contributed by atoms with E-state index in [1.807, 2.05) is 42.6 Å². The second-order valence-electron chi connectivity index (χ2n) is 6.15. The molecule has 0 saturated heterocycles. The highest BCUT2D eigenvalue weighted by Gasteiger charge is 2.16. The summed E-state index contributed by atoms with van der Waals surface area (Å²) in [6, 6.07) is 13.8. The van der Waals surface area contributed by atoms with Gasteiger partial charge >= 0.3 is 0 Å². The third-order valence-corrected chi connectivity index (χ3v) is 5.53. The predicted octanol–water partition coefficient (Wildman–Crippen LogP) is 4.44. The summed E-state index contributed by atoms with van der Waals surface area (Å²) in [5, 5.41) is 4.74. The molecule has 0 atom stereocenters. The van der Waals surface area contributed by atoms with Crippen LogP contribution in [0.3, 0.4) is 0 Å². The lowest BCUT2D eigenvalue weighted by Gasteiger charge is -2.10. The van der Waals surface area contributed by atoms with Gasteiger partial charge in [0.15, 0.2) is 0 Å². The number of nitrogens with zero attached hydrogens (tertiary/aromatic N) is 1. The van der Waals surface area contributed by atoms with Gasteiger partial charge in [0, 0.05) is 49.2 Å². The molecule has 2 aromatic heterocycles. The first-order valence-electron chi connectivity index (χ1n) is 8.42. The van der Waals surface area contributed by atoms with Crippen LogP contribution in [0.4, 0.5) is 0 Å². The fourth-order valence-electron chi connectivity index (χ4n) is 3.11. The summed E-state index contributed by atoms with van der Waals surface area (Å²) < 4.78 is 2.06. The van der Waals surface area contributed by atoms with Gasteiger partial charge in [-0.05, 0) is 59.0 Å². The number of fused-ring (bicyclic) bond motifs is 2. The largest absolute Gasteiger partial charge is 0.360 e. The number of rotatable bonds is 4. The molecule has 4 N–H and O–H groups in total. The van der Waals surface area contributed by atoms with Crippen molar-refractivity contribution in [2.75, 3.05) is 13.1 Å². The van der Waals surface area contributed by atoms with E-state index in [1.165, 1.54) is 0 Å². The van der Waals surface area contributed by atoms with Crippen molar-refractivity contribution in [1.29, 1.82) is 0 Å². The monoisotopic (exact) mass is 534 g/mol. The zero-order chi connectivity index (χ0) is 19.0. The van der Waals surface area contributed by atoms with Gasteiger partial charge in [0.2, 0.25) is 0 Å². The van der Waals surface area contributed by atoms with Crippen LogP contribution in [0.1, 0.15) is 10.4 Å². The highest BCUT2D eigenvalue weighted by molar-refractivity contribution is 14.1. The maximum atomic E-state index is 12.7. The summed E-state index contributed by atoms with van der Waals surface area (Å²) in [7, 11) is 0. The van der Waals surface area contributed by atoms with Crippen LogP contribution < -0.4 is 11.1 Å². The number of benzene rings is 2. The highest BCUT2D eigenvalue weighted by atomic mass is 127. The van der Waals surface area contributed by atoms with Crippen molar-refractivity contribution in [3.63, 3.8) is 0 Å². The average molecular weight is 535 g/mol. The van der Waals surface area contributed by atoms with Gasteiger partial charge in [0.05, 0.1) is 16.8 Å². The Morgan fingerprint density at radius 1 is 1.19 bits per heavy atom. The van der Waals surface area contributed by atoms with Crippen molar-refractivity contribution in [2.45, 2.75) is 0 Å². The molecule has 2 heterocycles. The summed E-state index contributed by atoms with van der Waals surface area (Å²) in [6.07, 6.45) is 1.93. The second-order valence-corrected chi connectivity index (χ2v) is 8.31. The molecule has 4 rings (SSSR count). The van der Waals surface area contributed by atoms with E-state index in [-0.39, 0.29) is 5.91 Å². The highest BCUT2D eigenvalue weighted by Crippen LogP contribution is 2.32. The van der Waals surface area contributed by atoms with Crippen LogP contribution in [-0.2, 0) is 0 Å². The number of hydrogen-bond acceptors (Lipinski definition) is 3. The number of nitrogens with one attached hydrogen (secondary N) is 2. The number of aromatic nitrogens is 2. The number of aromatic amines is 1. The number of hydrogen-bond donors (Lipinski definition) is 3. The Morgan fingerprint density at radius 2 is 2.04 bits per heavy atom. The number of amides is 1. The van der Waals surface area contributed by atoms with Crippen molar-refractivity contribution in [3.05, 3.63) is 62.3 Å². The van der Waals surface area contributed by atoms with E-state index < -0.39 is 0 Å². The molecular weight excluding hydrogens is 519 g/mol. The van der Waals surface area contributed by atoms with Crippen molar-refractivity contribution >= 4 is 66.2 Å². The topological polar surface area (TPSA) is 83.8 Å². The molecule has 1 amide bonds. The van der Waals surface area contributed by atoms with Crippen molar-refractivity contribution in [2.24, 2.45) is 5.73 Å². The summed E-state index contributed by atoms with van der Waals surface area (Å²) >= 11 is 5.78. The van der Waals surface area contributed by atoms with Gasteiger partial charge < -0.3 is 16.0 Å². The predicted molar refractivity (Wildman–Crippen MR) is 121 cm³/mol. The Balaban J connectivity index is 1.95. The van der Waals surface area contributed by atoms with Crippen LogP contribution in [0.25, 0.3) is 33.1 Å². The molecule has 5 nitrogen and oxygen atoms in total. The lowest BCUT2D eigenvalue weighted by molar-refractivity contribution is 0.0956. The number of H-pyrrole nitrogens is 1. The molecule has 0 aliphatic rings. The molecule has 0 unspecified atom stereocenters. The normalized spacial score (nSPS) is 11.2. The molecule has 0 spiro atoms. The van der Waals surface area contributed by atoms with E-state index in [4.69, 9.17) is 10.7 Å². The van der Waals surface area contributed by atoms with Crippen LogP contribution >= 0.6 is 38.5 Å². The van der Waals surface area contributed by atoms with Crippen molar-refractivity contribution in [3.8, 4) is 11.3 Å². The van der Waals surface area contributed by atoms with Gasteiger partial charge in [-0.3, -0.25) is 4.79 Å². The fraction of sp³-hybridized carbons (Fsp3) is 0.100. The van der Waals surface area contributed by atoms with E-state index in [9.17, 15) is 4.79 Å². The van der Waals surface area contributed by atoms with Crippen LogP contribution in [0.5, 0.6) is 0 Å². The number of halogens is 2. The molecule has 0 aliphatic carbocycles. The Bertz CT molecular complexity index is 1170. The maximum Gasteiger partial charge on any atom is 0.252 e. The molecule has 0 radical (unpaired) electrons. The quantitative estimate of drug-likeness (QED) is 0.338. The summed E-state index contributed by atoms with van der Waals surface area (Å²) in [5.41, 5.74) is 9.66. The molecule has 4 aromatic rings. The lowest BCUT2D eigenvalue weighted by atomic mass is 10.0. The second kappa shape index (κ2) is 7.57. The van der Waals surface area contributed by atoms with Crippen LogP contribution in [0.15, 0.2) is 53.1 Å². The van der Waals surface area contributed by atoms with Crippen molar-refractivity contribution < 1.29 is 4.79 Å². The zero-order valence-electron chi connectivity index (χ0n) is 14.2. The molecule has 136 valence electrons. The van der Waals surface area contributed by atoms with Gasteiger partial charge in [-0.1, -0.05) is 22.0 Å². The number of pyridine rings is 1. The van der Waals surface area contributed by atoms with Gasteiger partial charge in [0.1, 0.15) is 0 Å². The Hall–Kier alpha value is -1.97. The molecule has 2 aromatic carbocycles. The molecule has 0 fully saturated rings. The zero-order valence-corrected chi connectivity index (χ0v) is 18.0. The minimum atomic E-state index is -0.142. The Kier molecular flexibility index (Phi) is 5.16. The van der Waals surface area contributed by atoms with Gasteiger partial charge in [-0.15, -0.1) is 0 Å². The summed E-state index contributed by atoms with van der Waals surface area (Å²) in [5.74, 6) is -0.142. The Labute approximate surface area is 178 Å². The molecular formula is C20H16BrIN4O. The minimum absolute atomic E-state index is 0.142. The smallest absolute Gasteiger partial charge is 0.252 e. The fourth-order valence-corrected chi connectivity index (χ4v) is 3.95. The number of carbonyl (C=O) groups excluding carboxylic acids is 1. The third kappa shape index (κ3) is 3.59. The van der Waals surface area contributed by atoms with Crippen LogP contribution in [0, 0.1) is 3.57 Å². The number of nitrogens with two attached hydrogens (primary N) is 1. The summed E-state index contributed by atoms with van der Waals surface area (Å²) in [6.45, 7) is 0.832. The molecule has 0 aliphatic heterocycles. The first kappa shape index (κ1) is 18.4. The third-order valence-electron chi connectivity index (χ3n) is 4.37. The van der Waals surface area contributed by atoms with Crippen molar-refractivity contribution in [1.82, 2.24) is 15.3 Å². The van der Waals surface area contributed by atoms with Gasteiger partial charge in [-0.25, -0.2) is 4.98 Å². The first-order valence-corrected chi connectivity index (χ1v) is 10.3. The van der Waals surface area contributed by atoms with Gasteiger partial charge in [-0.2, -0.15) is 0 Å². The van der Waals surface area contributed by atoms with Crippen LogP contribution in [0.2, 0.25) is 0 Å². The van der Waals surface area contributed by atoms with E-state index in [0.29, 0.717) is 18.7 Å². The first-order chi connectivity index (χ1) is 13.1. The SMILES string of the molecule is NCCNC(=O)c1cc(-c2c[nH]c3ccc(Br)cc23)nc2cc(I)ccc12. The molecule has 0 saturated carbocycles. The maximum absolute atomic E-state index is 12.7. The van der Waals surface area contributed by atoms with E-state index >= 15 is 0 Å². The molecule has 27 heavy (non-hydrogen) atoms. The van der Waals surface area contributed by atoms with Gasteiger partial charge in [0.25, 0.3) is 5.91 Å². The van der Waals surface area contributed by atoms with E-state index in [2.05, 4.69) is 54.9 Å². The van der Waals surface area contributed by atoms with Crippen LogP contribution in [-0.4, -0.2) is 29.0 Å².